The molecular weight excluding hydrogens is 389 g/mol. The summed E-state index contributed by atoms with van der Waals surface area (Å²) in [6, 6.07) is 0. The van der Waals surface area contributed by atoms with Crippen LogP contribution in [0.3, 0.4) is 0 Å². The van der Waals surface area contributed by atoms with Crippen LogP contribution in [0.15, 0.2) is 33.1 Å². The normalized spacial score (nSPS) is 14.5. The fourth-order valence-electron chi connectivity index (χ4n) is 0.771. The predicted octanol–water partition coefficient (Wildman–Crippen LogP) is 3.04. The molecule has 143 valence electrons. The molecule has 0 radical (unpaired) electrons. The third-order valence-electron chi connectivity index (χ3n) is 2.48. The molecule has 0 spiro atoms. The van der Waals surface area contributed by atoms with Crippen LogP contribution in [0.4, 0.5) is 0 Å². The third-order valence-corrected chi connectivity index (χ3v) is 2.48. The molecule has 1 aliphatic rings. The molecule has 1 aliphatic heterocycles. The molecule has 1 fully saturated rings. The summed E-state index contributed by atoms with van der Waals surface area (Å²) in [6.45, 7) is 9.59. The molecule has 1 heterocycles. The zero-order valence-corrected chi connectivity index (χ0v) is 15.8. The molecular formula is C12H24ClCoN5O5. The van der Waals surface area contributed by atoms with Gasteiger partial charge in [-0.1, -0.05) is 0 Å². The minimum atomic E-state index is 0.257. The number of nitrogens with zero attached hydrogens (tertiary/aromatic N) is 3. The summed E-state index contributed by atoms with van der Waals surface area (Å²) in [4.78, 5) is 19.3. The summed E-state index contributed by atoms with van der Waals surface area (Å²) >= 11 is 3.03. The van der Waals surface area contributed by atoms with Crippen molar-refractivity contribution < 1.29 is 30.0 Å². The van der Waals surface area contributed by atoms with E-state index in [1.807, 2.05) is 0 Å². The quantitative estimate of drug-likeness (QED) is 0.410. The Bertz CT molecular complexity index is 351. The van der Waals surface area contributed by atoms with E-state index in [1.165, 1.54) is 13.8 Å². The van der Waals surface area contributed by atoms with E-state index >= 15 is 0 Å². The van der Waals surface area contributed by atoms with Crippen LogP contribution in [0.2, 0.25) is 0 Å². The van der Waals surface area contributed by atoms with Gasteiger partial charge in [-0.05, 0) is 38.0 Å². The van der Waals surface area contributed by atoms with Crippen LogP contribution in [0.5, 0.6) is 0 Å². The van der Waals surface area contributed by atoms with E-state index in [9.17, 15) is 9.81 Å². The standard InChI is InChI=1S/2C4H8N2O2.C4H8NO.ClH.Co/c2*1-3(5-7)4(2)6-8;1-3-6-4-2-5-1;;/h2*5,7H,1-2H3;1-4H2;1H;/q;;-1;;+2/p-1. The van der Waals surface area contributed by atoms with Gasteiger partial charge in [0, 0.05) is 13.2 Å². The van der Waals surface area contributed by atoms with Gasteiger partial charge in [-0.15, -0.1) is 22.9 Å². The van der Waals surface area contributed by atoms with Crippen LogP contribution in [0.1, 0.15) is 27.7 Å². The molecule has 0 unspecified atom stereocenters. The summed E-state index contributed by atoms with van der Waals surface area (Å²) in [5, 5.41) is 25.4. The Hall–Kier alpha value is -1.08. The van der Waals surface area contributed by atoms with Crippen molar-refractivity contribution in [3.8, 4) is 0 Å². The Morgan fingerprint density at radius 3 is 1.38 bits per heavy atom. The SMILES string of the molecule is C1COCC[N-]1.CC(N=O)=C(C)NO.CC(N=O)=C(C)NO.[Cl][Co+]. The van der Waals surface area contributed by atoms with Crippen LogP contribution in [-0.2, 0) is 19.6 Å². The van der Waals surface area contributed by atoms with Crippen molar-refractivity contribution in [1.82, 2.24) is 11.0 Å². The number of halogens is 1. The van der Waals surface area contributed by atoms with Gasteiger partial charge in [-0.2, -0.15) is 0 Å². The Morgan fingerprint density at radius 2 is 1.29 bits per heavy atom. The van der Waals surface area contributed by atoms with Crippen LogP contribution in [0, 0.1) is 9.81 Å². The number of nitroso groups, excluding NO2 is 2. The van der Waals surface area contributed by atoms with Crippen molar-refractivity contribution in [2.45, 2.75) is 27.7 Å². The number of nitrogens with one attached hydrogen (secondary N) is 2. The van der Waals surface area contributed by atoms with Crippen LogP contribution in [-0.4, -0.2) is 36.7 Å². The molecule has 0 amide bonds. The van der Waals surface area contributed by atoms with Gasteiger partial charge in [0.1, 0.15) is 11.4 Å². The summed E-state index contributed by atoms with van der Waals surface area (Å²) in [5.41, 5.74) is 4.87. The third kappa shape index (κ3) is 19.0. The minimum absolute atomic E-state index is 0.257. The van der Waals surface area contributed by atoms with Gasteiger partial charge in [0.25, 0.3) is 0 Å². The monoisotopic (exact) mass is 412 g/mol. The van der Waals surface area contributed by atoms with Gasteiger partial charge in [0.15, 0.2) is 0 Å². The fourth-order valence-corrected chi connectivity index (χ4v) is 0.771. The number of rotatable bonds is 4. The Labute approximate surface area is 153 Å². The molecule has 12 heteroatoms. The molecule has 0 aromatic heterocycles. The number of hydrogen-bond acceptors (Lipinski definition) is 9. The van der Waals surface area contributed by atoms with Gasteiger partial charge in [0.2, 0.25) is 0 Å². The number of hydrogen-bond donors (Lipinski definition) is 4. The van der Waals surface area contributed by atoms with Crippen molar-refractivity contribution >= 4 is 10.1 Å². The maximum atomic E-state index is 9.65. The first-order chi connectivity index (χ1) is 11.4. The van der Waals surface area contributed by atoms with E-state index in [1.54, 1.807) is 24.8 Å². The number of hydroxylamine groups is 2. The molecule has 1 saturated heterocycles. The average molecular weight is 413 g/mol. The second-order valence-corrected chi connectivity index (χ2v) is 4.11. The molecule has 24 heavy (non-hydrogen) atoms. The molecule has 0 saturated carbocycles. The number of allylic oxidation sites excluding steroid dienone is 4. The van der Waals surface area contributed by atoms with Crippen LogP contribution >= 0.6 is 10.1 Å². The summed E-state index contributed by atoms with van der Waals surface area (Å²) in [7, 11) is 4.33. The van der Waals surface area contributed by atoms with Gasteiger partial charge in [-0.25, -0.2) is 0 Å². The molecule has 0 aromatic carbocycles. The molecule has 0 aromatic rings. The van der Waals surface area contributed by atoms with Crippen molar-refractivity contribution in [3.63, 3.8) is 0 Å². The molecule has 0 atom stereocenters. The second-order valence-electron chi connectivity index (χ2n) is 4.11. The van der Waals surface area contributed by atoms with E-state index in [0.717, 1.165) is 26.3 Å². The number of morpholine rings is 1. The first-order valence-corrected chi connectivity index (χ1v) is 8.03. The van der Waals surface area contributed by atoms with Crippen molar-refractivity contribution in [1.29, 1.82) is 0 Å². The summed E-state index contributed by atoms with van der Waals surface area (Å²) < 4.78 is 4.98. The second kappa shape index (κ2) is 21.9. The van der Waals surface area contributed by atoms with Crippen LogP contribution < -0.4 is 11.0 Å². The molecule has 10 nitrogen and oxygen atoms in total. The van der Waals surface area contributed by atoms with Crippen molar-refractivity contribution in [3.05, 3.63) is 37.9 Å². The van der Waals surface area contributed by atoms with E-state index in [-0.39, 0.29) is 11.4 Å². The van der Waals surface area contributed by atoms with E-state index in [2.05, 4.69) is 40.7 Å². The van der Waals surface area contributed by atoms with Gasteiger partial charge in [0.05, 0.1) is 11.4 Å². The first kappa shape index (κ1) is 27.8. The zero-order valence-electron chi connectivity index (χ0n) is 14.0. The van der Waals surface area contributed by atoms with E-state index in [4.69, 9.17) is 15.2 Å². The Balaban J connectivity index is -0.000000263. The van der Waals surface area contributed by atoms with Crippen LogP contribution in [0.25, 0.3) is 5.32 Å². The zero-order chi connectivity index (χ0) is 19.4. The molecule has 4 N–H and O–H groups in total. The summed E-state index contributed by atoms with van der Waals surface area (Å²) in [5.74, 6) is 0. The molecule has 1 rings (SSSR count). The van der Waals surface area contributed by atoms with Crippen molar-refractivity contribution in [2.24, 2.45) is 10.4 Å². The maximum absolute atomic E-state index is 9.65. The van der Waals surface area contributed by atoms with Crippen molar-refractivity contribution in [2.75, 3.05) is 26.3 Å². The number of ether oxygens (including phenoxy) is 1. The van der Waals surface area contributed by atoms with Gasteiger partial charge < -0.3 is 10.1 Å². The molecule has 0 aliphatic carbocycles. The molecule has 0 bridgehead atoms. The topological polar surface area (TPSA) is 147 Å². The predicted molar refractivity (Wildman–Crippen MR) is 87.9 cm³/mol. The Kier molecular flexibility index (Phi) is 25.3. The van der Waals surface area contributed by atoms with Gasteiger partial charge in [-0.3, -0.25) is 21.4 Å². The van der Waals surface area contributed by atoms with Gasteiger partial charge >= 0.3 is 25.0 Å². The average Bonchev–Trinajstić information content (AvgIpc) is 2.69. The summed E-state index contributed by atoms with van der Waals surface area (Å²) in [6.07, 6.45) is 0. The first-order valence-electron chi connectivity index (χ1n) is 6.60. The fraction of sp³-hybridized carbons (Fsp3) is 0.667. The Morgan fingerprint density at radius 1 is 0.958 bits per heavy atom. The van der Waals surface area contributed by atoms with E-state index < -0.39 is 0 Å². The van der Waals surface area contributed by atoms with E-state index in [0.29, 0.717) is 11.4 Å².